The van der Waals surface area contributed by atoms with Crippen LogP contribution in [0.3, 0.4) is 0 Å². The summed E-state index contributed by atoms with van der Waals surface area (Å²) in [6.07, 6.45) is -0.503. The van der Waals surface area contributed by atoms with Gasteiger partial charge in [0, 0.05) is 30.2 Å². The molecule has 4 aromatic rings. The molecule has 0 amide bonds. The maximum Gasteiger partial charge on any atom is 0.416 e. The minimum Gasteiger partial charge on any atom is -0.341 e. The highest BCUT2D eigenvalue weighted by molar-refractivity contribution is 7.18. The fourth-order valence-electron chi connectivity index (χ4n) is 4.17. The van der Waals surface area contributed by atoms with E-state index in [9.17, 15) is 13.2 Å². The molecule has 10 heteroatoms. The van der Waals surface area contributed by atoms with Crippen LogP contribution in [0.2, 0.25) is 5.02 Å². The van der Waals surface area contributed by atoms with Crippen molar-refractivity contribution in [1.29, 1.82) is 0 Å². The van der Waals surface area contributed by atoms with Crippen LogP contribution in [0.4, 0.5) is 30.6 Å². The Morgan fingerprint density at radius 3 is 2.43 bits per heavy atom. The van der Waals surface area contributed by atoms with E-state index in [-0.39, 0.29) is 0 Å². The Kier molecular flexibility index (Phi) is 6.55. The topological polar surface area (TPSA) is 53.9 Å². The highest BCUT2D eigenvalue weighted by Crippen LogP contribution is 2.34. The van der Waals surface area contributed by atoms with Crippen molar-refractivity contribution in [3.05, 3.63) is 69.2 Å². The first-order valence-electron chi connectivity index (χ1n) is 11.4. The average Bonchev–Trinajstić information content (AvgIpc) is 3.25. The van der Waals surface area contributed by atoms with Crippen molar-refractivity contribution in [2.45, 2.75) is 38.8 Å². The summed E-state index contributed by atoms with van der Waals surface area (Å²) >= 11 is 7.92. The van der Waals surface area contributed by atoms with Crippen molar-refractivity contribution in [2.24, 2.45) is 0 Å². The van der Waals surface area contributed by atoms with E-state index in [2.05, 4.69) is 10.2 Å². The molecule has 1 N–H and O–H groups in total. The van der Waals surface area contributed by atoms with Gasteiger partial charge in [-0.25, -0.2) is 4.98 Å². The first kappa shape index (κ1) is 23.8. The number of halogens is 4. The summed E-state index contributed by atoms with van der Waals surface area (Å²) < 4.78 is 39.0. The predicted molar refractivity (Wildman–Crippen MR) is 135 cm³/mol. The van der Waals surface area contributed by atoms with E-state index in [1.54, 1.807) is 0 Å². The third-order valence-electron chi connectivity index (χ3n) is 6.09. The highest BCUT2D eigenvalue weighted by atomic mass is 35.5. The molecule has 2 aromatic carbocycles. The summed E-state index contributed by atoms with van der Waals surface area (Å²) in [5, 5.41) is 4.71. The van der Waals surface area contributed by atoms with Crippen LogP contribution in [-0.2, 0) is 12.6 Å². The molecular formula is C25H23ClF3N5S. The Morgan fingerprint density at radius 2 is 1.74 bits per heavy atom. The lowest BCUT2D eigenvalue weighted by molar-refractivity contribution is -0.137. The van der Waals surface area contributed by atoms with Crippen molar-refractivity contribution < 1.29 is 13.2 Å². The van der Waals surface area contributed by atoms with Gasteiger partial charge in [0.05, 0.1) is 5.56 Å². The first-order valence-corrected chi connectivity index (χ1v) is 12.6. The van der Waals surface area contributed by atoms with Gasteiger partial charge >= 0.3 is 6.18 Å². The third-order valence-corrected chi connectivity index (χ3v) is 7.39. The van der Waals surface area contributed by atoms with E-state index in [0.29, 0.717) is 34.4 Å². The molecule has 0 unspecified atom stereocenters. The van der Waals surface area contributed by atoms with Gasteiger partial charge in [-0.2, -0.15) is 23.1 Å². The predicted octanol–water partition coefficient (Wildman–Crippen LogP) is 7.39. The van der Waals surface area contributed by atoms with Crippen LogP contribution < -0.4 is 10.2 Å². The Balaban J connectivity index is 1.53. The van der Waals surface area contributed by atoms with Crippen LogP contribution >= 0.6 is 22.9 Å². The zero-order chi connectivity index (χ0) is 24.6. The van der Waals surface area contributed by atoms with Crippen LogP contribution in [0.5, 0.6) is 0 Å². The largest absolute Gasteiger partial charge is 0.416 e. The Labute approximate surface area is 210 Å². The van der Waals surface area contributed by atoms with E-state index < -0.39 is 11.7 Å². The monoisotopic (exact) mass is 517 g/mol. The van der Waals surface area contributed by atoms with Gasteiger partial charge < -0.3 is 10.2 Å². The molecule has 0 bridgehead atoms. The van der Waals surface area contributed by atoms with Gasteiger partial charge in [-0.1, -0.05) is 35.1 Å². The number of hydrogen-bond donors (Lipinski definition) is 1. The summed E-state index contributed by atoms with van der Waals surface area (Å²) in [6.45, 7) is 3.76. The standard InChI is InChI=1S/C25H23ClF3N5S/c1-15-6-5-7-19(26)18(15)14-20-31-21-22(30-17-10-8-16(9-11-17)25(27,28)29)32-24(33-23(21)35-20)34-12-3-2-4-13-34/h5-11H,2-4,12-14H2,1H3,(H,30,32,33). The average molecular weight is 518 g/mol. The normalized spacial score (nSPS) is 14.5. The van der Waals surface area contributed by atoms with Crippen molar-refractivity contribution >= 4 is 50.7 Å². The maximum atomic E-state index is 13.0. The molecule has 1 saturated heterocycles. The van der Waals surface area contributed by atoms with Gasteiger partial charge in [-0.05, 0) is 67.6 Å². The number of thiazole rings is 1. The molecule has 3 heterocycles. The number of anilines is 3. The zero-order valence-corrected chi connectivity index (χ0v) is 20.6. The van der Waals surface area contributed by atoms with Crippen LogP contribution in [0.15, 0.2) is 42.5 Å². The van der Waals surface area contributed by atoms with E-state index in [1.807, 2.05) is 25.1 Å². The number of aryl methyl sites for hydroxylation is 1. The first-order chi connectivity index (χ1) is 16.8. The number of fused-ring (bicyclic) bond motifs is 1. The smallest absolute Gasteiger partial charge is 0.341 e. The fourth-order valence-corrected chi connectivity index (χ4v) is 5.40. The fraction of sp³-hybridized carbons (Fsp3) is 0.320. The number of piperidine rings is 1. The van der Waals surface area contributed by atoms with Crippen LogP contribution in [0, 0.1) is 6.92 Å². The van der Waals surface area contributed by atoms with Crippen LogP contribution in [-0.4, -0.2) is 28.0 Å². The number of benzene rings is 2. The van der Waals surface area contributed by atoms with Crippen molar-refractivity contribution in [3.63, 3.8) is 0 Å². The van der Waals surface area contributed by atoms with Crippen molar-refractivity contribution in [2.75, 3.05) is 23.3 Å². The Bertz CT molecular complexity index is 1330. The minimum atomic E-state index is -4.39. The lowest BCUT2D eigenvalue weighted by Crippen LogP contribution is -2.31. The molecule has 35 heavy (non-hydrogen) atoms. The van der Waals surface area contributed by atoms with Crippen molar-refractivity contribution in [3.8, 4) is 0 Å². The quantitative estimate of drug-likeness (QED) is 0.299. The van der Waals surface area contributed by atoms with Gasteiger partial charge in [-0.3, -0.25) is 0 Å². The van der Waals surface area contributed by atoms with Gasteiger partial charge in [0.25, 0.3) is 0 Å². The van der Waals surface area contributed by atoms with Crippen molar-refractivity contribution in [1.82, 2.24) is 15.0 Å². The summed E-state index contributed by atoms with van der Waals surface area (Å²) in [5.74, 6) is 1.09. The number of alkyl halides is 3. The minimum absolute atomic E-state index is 0.480. The molecule has 5 nitrogen and oxygen atoms in total. The molecule has 182 valence electrons. The van der Waals surface area contributed by atoms with Gasteiger partial charge in [0.2, 0.25) is 5.95 Å². The van der Waals surface area contributed by atoms with Gasteiger partial charge in [-0.15, -0.1) is 0 Å². The van der Waals surface area contributed by atoms with Crippen LogP contribution in [0.25, 0.3) is 10.3 Å². The second-order valence-corrected chi connectivity index (χ2v) is 10.1. The van der Waals surface area contributed by atoms with E-state index in [0.717, 1.165) is 59.0 Å². The summed E-state index contributed by atoms with van der Waals surface area (Å²) in [6, 6.07) is 10.7. The highest BCUT2D eigenvalue weighted by Gasteiger charge is 2.30. The molecule has 0 radical (unpaired) electrons. The summed E-state index contributed by atoms with van der Waals surface area (Å²) in [7, 11) is 0. The molecule has 0 spiro atoms. The van der Waals surface area contributed by atoms with E-state index in [4.69, 9.17) is 26.6 Å². The Morgan fingerprint density at radius 1 is 1.00 bits per heavy atom. The Hall–Kier alpha value is -2.91. The summed E-state index contributed by atoms with van der Waals surface area (Å²) in [5.41, 5.74) is 2.49. The van der Waals surface area contributed by atoms with Gasteiger partial charge in [0.15, 0.2) is 10.6 Å². The molecule has 2 aromatic heterocycles. The van der Waals surface area contributed by atoms with E-state index >= 15 is 0 Å². The molecule has 0 atom stereocenters. The number of aromatic nitrogens is 3. The summed E-state index contributed by atoms with van der Waals surface area (Å²) in [4.78, 5) is 17.2. The number of nitrogens with zero attached hydrogens (tertiary/aromatic N) is 4. The molecule has 1 fully saturated rings. The number of rotatable bonds is 5. The second-order valence-electron chi connectivity index (χ2n) is 8.59. The lowest BCUT2D eigenvalue weighted by Gasteiger charge is -2.26. The van der Waals surface area contributed by atoms with E-state index in [1.165, 1.54) is 29.9 Å². The molecule has 5 rings (SSSR count). The molecule has 0 saturated carbocycles. The number of hydrogen-bond acceptors (Lipinski definition) is 6. The SMILES string of the molecule is Cc1cccc(Cl)c1Cc1nc2c(Nc3ccc(C(F)(F)F)cc3)nc(N3CCCCC3)nc2s1. The zero-order valence-electron chi connectivity index (χ0n) is 19.0. The molecular weight excluding hydrogens is 495 g/mol. The molecule has 0 aliphatic carbocycles. The molecule has 1 aliphatic heterocycles. The van der Waals surface area contributed by atoms with Crippen LogP contribution in [0.1, 0.15) is 41.0 Å². The second kappa shape index (κ2) is 9.62. The molecule has 1 aliphatic rings. The lowest BCUT2D eigenvalue weighted by atomic mass is 10.1. The van der Waals surface area contributed by atoms with Gasteiger partial charge in [0.1, 0.15) is 10.5 Å². The third kappa shape index (κ3) is 5.21. The maximum absolute atomic E-state index is 13.0. The number of nitrogens with one attached hydrogen (secondary N) is 1.